The van der Waals surface area contributed by atoms with Gasteiger partial charge in [0.1, 0.15) is 0 Å². The van der Waals surface area contributed by atoms with Gasteiger partial charge in [0.2, 0.25) is 0 Å². The van der Waals surface area contributed by atoms with Crippen molar-refractivity contribution in [1.29, 1.82) is 0 Å². The number of hydrogen-bond acceptors (Lipinski definition) is 5. The van der Waals surface area contributed by atoms with Gasteiger partial charge >= 0.3 is 0 Å². The standard InChI is InChI=1S/C4H9N5O/c1-2(10)3(5)4-6-8-9-7-4/h2-3,10H,5H2,1H3,(H,6,7,8,9). The molecule has 0 saturated heterocycles. The lowest BCUT2D eigenvalue weighted by Gasteiger charge is -2.08. The van der Waals surface area contributed by atoms with Crippen molar-refractivity contribution in [3.63, 3.8) is 0 Å². The highest BCUT2D eigenvalue weighted by atomic mass is 16.3. The first kappa shape index (κ1) is 7.10. The van der Waals surface area contributed by atoms with Crippen molar-refractivity contribution in [2.24, 2.45) is 5.73 Å². The number of nitrogens with two attached hydrogens (primary N) is 1. The Morgan fingerprint density at radius 3 is 2.80 bits per heavy atom. The summed E-state index contributed by atoms with van der Waals surface area (Å²) in [6, 6.07) is -0.557. The summed E-state index contributed by atoms with van der Waals surface area (Å²) < 4.78 is 0. The number of aromatic nitrogens is 4. The summed E-state index contributed by atoms with van der Waals surface area (Å²) in [7, 11) is 0. The van der Waals surface area contributed by atoms with Crippen LogP contribution in [0.25, 0.3) is 0 Å². The highest BCUT2D eigenvalue weighted by molar-refractivity contribution is 4.89. The lowest BCUT2D eigenvalue weighted by atomic mass is 10.2. The second-order valence-corrected chi connectivity index (χ2v) is 2.04. The van der Waals surface area contributed by atoms with E-state index in [2.05, 4.69) is 20.6 Å². The first-order valence-electron chi connectivity index (χ1n) is 2.89. The molecule has 0 radical (unpaired) electrons. The van der Waals surface area contributed by atoms with Crippen molar-refractivity contribution < 1.29 is 5.11 Å². The number of aliphatic hydroxyl groups excluding tert-OH is 1. The molecule has 0 saturated carbocycles. The van der Waals surface area contributed by atoms with E-state index >= 15 is 0 Å². The molecular formula is C4H9N5O. The molecule has 2 unspecified atom stereocenters. The van der Waals surface area contributed by atoms with Crippen LogP contribution in [0.4, 0.5) is 0 Å². The SMILES string of the molecule is CC(O)C(N)c1nn[nH]n1. The van der Waals surface area contributed by atoms with E-state index in [0.717, 1.165) is 0 Å². The van der Waals surface area contributed by atoms with Gasteiger partial charge < -0.3 is 10.8 Å². The van der Waals surface area contributed by atoms with Gasteiger partial charge in [0.15, 0.2) is 5.82 Å². The number of rotatable bonds is 2. The van der Waals surface area contributed by atoms with E-state index in [-0.39, 0.29) is 0 Å². The van der Waals surface area contributed by atoms with Gasteiger partial charge in [-0.3, -0.25) is 0 Å². The van der Waals surface area contributed by atoms with Crippen LogP contribution in [0, 0.1) is 0 Å². The molecule has 6 nitrogen and oxygen atoms in total. The zero-order valence-electron chi connectivity index (χ0n) is 5.52. The van der Waals surface area contributed by atoms with E-state index in [1.165, 1.54) is 0 Å². The first-order chi connectivity index (χ1) is 4.72. The van der Waals surface area contributed by atoms with Crippen molar-refractivity contribution in [3.8, 4) is 0 Å². The topological polar surface area (TPSA) is 101 Å². The van der Waals surface area contributed by atoms with E-state index in [9.17, 15) is 0 Å². The maximum atomic E-state index is 8.95. The monoisotopic (exact) mass is 143 g/mol. The van der Waals surface area contributed by atoms with Crippen LogP contribution in [0.1, 0.15) is 18.8 Å². The second-order valence-electron chi connectivity index (χ2n) is 2.04. The minimum Gasteiger partial charge on any atom is -0.391 e. The number of aromatic amines is 1. The van der Waals surface area contributed by atoms with E-state index in [4.69, 9.17) is 10.8 Å². The number of H-pyrrole nitrogens is 1. The quantitative estimate of drug-likeness (QED) is 0.471. The number of nitrogens with zero attached hydrogens (tertiary/aromatic N) is 3. The van der Waals surface area contributed by atoms with Gasteiger partial charge in [0.05, 0.1) is 12.1 Å². The smallest absolute Gasteiger partial charge is 0.193 e. The Kier molecular flexibility index (Phi) is 1.93. The van der Waals surface area contributed by atoms with Crippen LogP contribution in [0.2, 0.25) is 0 Å². The fourth-order valence-corrected chi connectivity index (χ4v) is 0.526. The Balaban J connectivity index is 2.68. The van der Waals surface area contributed by atoms with Crippen molar-refractivity contribution in [2.45, 2.75) is 19.1 Å². The van der Waals surface area contributed by atoms with E-state index in [0.29, 0.717) is 5.82 Å². The average Bonchev–Trinajstić information content (AvgIpc) is 2.36. The third-order valence-electron chi connectivity index (χ3n) is 1.18. The molecule has 0 aromatic carbocycles. The third kappa shape index (κ3) is 1.28. The predicted octanol–water partition coefficient (Wildman–Crippen LogP) is -1.42. The summed E-state index contributed by atoms with van der Waals surface area (Å²) in [5.41, 5.74) is 5.45. The molecular weight excluding hydrogens is 134 g/mol. The van der Waals surface area contributed by atoms with Crippen LogP contribution < -0.4 is 5.73 Å². The van der Waals surface area contributed by atoms with Crippen LogP contribution >= 0.6 is 0 Å². The first-order valence-corrected chi connectivity index (χ1v) is 2.89. The van der Waals surface area contributed by atoms with Gasteiger partial charge in [-0.15, -0.1) is 10.2 Å². The summed E-state index contributed by atoms with van der Waals surface area (Å²) in [5, 5.41) is 21.7. The number of nitrogens with one attached hydrogen (secondary N) is 1. The van der Waals surface area contributed by atoms with Crippen LogP contribution in [-0.4, -0.2) is 31.8 Å². The minimum absolute atomic E-state index is 0.329. The van der Waals surface area contributed by atoms with E-state index < -0.39 is 12.1 Å². The maximum Gasteiger partial charge on any atom is 0.193 e. The molecule has 1 heterocycles. The third-order valence-corrected chi connectivity index (χ3v) is 1.18. The summed E-state index contributed by atoms with van der Waals surface area (Å²) in [6.45, 7) is 1.57. The van der Waals surface area contributed by atoms with E-state index in [1.807, 2.05) is 0 Å². The van der Waals surface area contributed by atoms with Crippen LogP contribution in [0.3, 0.4) is 0 Å². The molecule has 56 valence electrons. The Bertz CT molecular complexity index is 184. The number of tetrazole rings is 1. The zero-order valence-corrected chi connectivity index (χ0v) is 5.52. The molecule has 0 fully saturated rings. The molecule has 1 aromatic rings. The lowest BCUT2D eigenvalue weighted by Crippen LogP contribution is -2.24. The molecule has 4 N–H and O–H groups in total. The molecule has 1 rings (SSSR count). The van der Waals surface area contributed by atoms with Gasteiger partial charge in [-0.25, -0.2) is 0 Å². The highest BCUT2D eigenvalue weighted by Crippen LogP contribution is 2.05. The average molecular weight is 143 g/mol. The van der Waals surface area contributed by atoms with Crippen molar-refractivity contribution in [2.75, 3.05) is 0 Å². The van der Waals surface area contributed by atoms with Gasteiger partial charge in [0, 0.05) is 0 Å². The predicted molar refractivity (Wildman–Crippen MR) is 32.8 cm³/mol. The Morgan fingerprint density at radius 2 is 2.40 bits per heavy atom. The van der Waals surface area contributed by atoms with Gasteiger partial charge in [-0.2, -0.15) is 5.21 Å². The maximum absolute atomic E-state index is 8.95. The molecule has 6 heteroatoms. The minimum atomic E-state index is -0.655. The fourth-order valence-electron chi connectivity index (χ4n) is 0.526. The summed E-state index contributed by atoms with van der Waals surface area (Å²) >= 11 is 0. The highest BCUT2D eigenvalue weighted by Gasteiger charge is 2.15. The van der Waals surface area contributed by atoms with Crippen molar-refractivity contribution in [1.82, 2.24) is 20.6 Å². The molecule has 0 aliphatic rings. The molecule has 0 aliphatic heterocycles. The Hall–Kier alpha value is -1.01. The molecule has 0 spiro atoms. The van der Waals surface area contributed by atoms with Crippen molar-refractivity contribution in [3.05, 3.63) is 5.82 Å². The van der Waals surface area contributed by atoms with Gasteiger partial charge in [-0.1, -0.05) is 5.21 Å². The summed E-state index contributed by atoms with van der Waals surface area (Å²) in [4.78, 5) is 0. The van der Waals surface area contributed by atoms with Crippen LogP contribution in [-0.2, 0) is 0 Å². The number of hydrogen-bond donors (Lipinski definition) is 3. The fraction of sp³-hybridized carbons (Fsp3) is 0.750. The lowest BCUT2D eigenvalue weighted by molar-refractivity contribution is 0.160. The van der Waals surface area contributed by atoms with Crippen molar-refractivity contribution >= 4 is 0 Å². The summed E-state index contributed by atoms with van der Waals surface area (Å²) in [6.07, 6.45) is -0.655. The molecule has 0 aliphatic carbocycles. The summed E-state index contributed by atoms with van der Waals surface area (Å²) in [5.74, 6) is 0.329. The molecule has 1 aromatic heterocycles. The molecule has 0 amide bonds. The Morgan fingerprint density at radius 1 is 1.70 bits per heavy atom. The van der Waals surface area contributed by atoms with E-state index in [1.54, 1.807) is 6.92 Å². The largest absolute Gasteiger partial charge is 0.391 e. The molecule has 0 bridgehead atoms. The second kappa shape index (κ2) is 2.72. The van der Waals surface area contributed by atoms with Gasteiger partial charge in [-0.05, 0) is 6.92 Å². The number of aliphatic hydroxyl groups is 1. The Labute approximate surface area is 57.4 Å². The normalized spacial score (nSPS) is 16.7. The molecule has 10 heavy (non-hydrogen) atoms. The molecule has 2 atom stereocenters. The zero-order chi connectivity index (χ0) is 7.56. The van der Waals surface area contributed by atoms with Gasteiger partial charge in [0.25, 0.3) is 0 Å². The van der Waals surface area contributed by atoms with Crippen LogP contribution in [0.5, 0.6) is 0 Å². The van der Waals surface area contributed by atoms with Crippen LogP contribution in [0.15, 0.2) is 0 Å².